The van der Waals surface area contributed by atoms with Crippen molar-refractivity contribution in [1.82, 2.24) is 0 Å². The highest BCUT2D eigenvalue weighted by Crippen LogP contribution is 2.48. The predicted octanol–water partition coefficient (Wildman–Crippen LogP) is 14.8. The van der Waals surface area contributed by atoms with Gasteiger partial charge in [0.05, 0.1) is 0 Å². The Morgan fingerprint density at radius 2 is 0.811 bits per heavy atom. The second-order valence-electron chi connectivity index (χ2n) is 14.0. The largest absolute Gasteiger partial charge is 0.461 e. The van der Waals surface area contributed by atoms with Crippen molar-refractivity contribution in [2.45, 2.75) is 6.92 Å². The van der Waals surface area contributed by atoms with Crippen LogP contribution in [0.3, 0.4) is 0 Å². The maximum absolute atomic E-state index is 7.01. The zero-order valence-corrected chi connectivity index (χ0v) is 29.1. The summed E-state index contributed by atoms with van der Waals surface area (Å²) < 4.78 is 13.3. The van der Waals surface area contributed by atoms with Gasteiger partial charge in [-0.1, -0.05) is 152 Å². The Morgan fingerprint density at radius 3 is 1.36 bits per heavy atom. The third-order valence-corrected chi connectivity index (χ3v) is 11.0. The summed E-state index contributed by atoms with van der Waals surface area (Å²) in [6.45, 7) is 2.00. The lowest BCUT2D eigenvalue weighted by Gasteiger charge is -2.17. The van der Waals surface area contributed by atoms with E-state index in [0.29, 0.717) is 0 Å². The number of rotatable bonds is 4. The highest BCUT2D eigenvalue weighted by atomic mass is 16.3. The van der Waals surface area contributed by atoms with Gasteiger partial charge in [-0.3, -0.25) is 0 Å². The third kappa shape index (κ3) is 4.46. The van der Waals surface area contributed by atoms with Crippen molar-refractivity contribution < 1.29 is 8.83 Å². The van der Waals surface area contributed by atoms with E-state index in [9.17, 15) is 0 Å². The van der Waals surface area contributed by atoms with Gasteiger partial charge in [-0.05, 0) is 96.5 Å². The number of hydrogen-bond acceptors (Lipinski definition) is 2. The number of fused-ring (bicyclic) bond motifs is 7. The van der Waals surface area contributed by atoms with Gasteiger partial charge in [-0.2, -0.15) is 0 Å². The van der Waals surface area contributed by atoms with Crippen LogP contribution in [-0.4, -0.2) is 0 Å². The van der Waals surface area contributed by atoms with Gasteiger partial charge in [0.1, 0.15) is 22.7 Å². The van der Waals surface area contributed by atoms with Crippen molar-refractivity contribution in [3.63, 3.8) is 0 Å². The first-order valence-electron chi connectivity index (χ1n) is 18.2. The Bertz CT molecular complexity index is 3120. The number of para-hydroxylation sites is 1. The van der Waals surface area contributed by atoms with E-state index >= 15 is 0 Å². The van der Waals surface area contributed by atoms with Crippen LogP contribution in [0.4, 0.5) is 0 Å². The van der Waals surface area contributed by atoms with E-state index in [0.717, 1.165) is 60.9 Å². The molecule has 0 saturated heterocycles. The van der Waals surface area contributed by atoms with Crippen molar-refractivity contribution in [3.8, 4) is 44.7 Å². The van der Waals surface area contributed by atoms with Crippen LogP contribution in [0.2, 0.25) is 0 Å². The van der Waals surface area contributed by atoms with Gasteiger partial charge in [0.2, 0.25) is 0 Å². The fourth-order valence-electron chi connectivity index (χ4n) is 8.76. The van der Waals surface area contributed by atoms with E-state index in [1.165, 1.54) is 54.6 Å². The van der Waals surface area contributed by atoms with Gasteiger partial charge >= 0.3 is 0 Å². The number of aryl methyl sites for hydroxylation is 1. The minimum Gasteiger partial charge on any atom is -0.461 e. The smallest absolute Gasteiger partial charge is 0.143 e. The molecule has 2 aromatic heterocycles. The average molecular weight is 677 g/mol. The number of furan rings is 2. The predicted molar refractivity (Wildman–Crippen MR) is 222 cm³/mol. The molecule has 0 atom stereocenters. The summed E-state index contributed by atoms with van der Waals surface area (Å²) in [5.74, 6) is 1.78. The van der Waals surface area contributed by atoms with Crippen LogP contribution in [0.1, 0.15) is 5.76 Å². The van der Waals surface area contributed by atoms with Crippen molar-refractivity contribution in [1.29, 1.82) is 0 Å². The summed E-state index contributed by atoms with van der Waals surface area (Å²) in [6, 6.07) is 63.2. The molecule has 11 aromatic rings. The lowest BCUT2D eigenvalue weighted by atomic mass is 9.86. The molecule has 0 N–H and O–H groups in total. The average Bonchev–Trinajstić information content (AvgIpc) is 3.82. The first-order valence-corrected chi connectivity index (χ1v) is 18.2. The molecule has 0 aliphatic rings. The van der Waals surface area contributed by atoms with Crippen LogP contribution in [0.5, 0.6) is 0 Å². The van der Waals surface area contributed by atoms with Crippen molar-refractivity contribution in [2.75, 3.05) is 0 Å². The van der Waals surface area contributed by atoms with Gasteiger partial charge in [-0.25, -0.2) is 0 Å². The van der Waals surface area contributed by atoms with Crippen LogP contribution in [-0.2, 0) is 0 Å². The summed E-state index contributed by atoms with van der Waals surface area (Å²) in [6.07, 6.45) is 0. The molecule has 53 heavy (non-hydrogen) atoms. The Balaban J connectivity index is 1.17. The molecule has 2 heteroatoms. The van der Waals surface area contributed by atoms with Crippen molar-refractivity contribution in [3.05, 3.63) is 182 Å². The minimum absolute atomic E-state index is 0.876. The Labute approximate surface area is 306 Å². The molecule has 2 heterocycles. The van der Waals surface area contributed by atoms with Crippen LogP contribution in [0.25, 0.3) is 110 Å². The summed E-state index contributed by atoms with van der Waals surface area (Å²) in [7, 11) is 0. The molecule has 0 bridgehead atoms. The molecule has 0 aliphatic carbocycles. The monoisotopic (exact) mass is 676 g/mol. The molecule has 9 aromatic carbocycles. The topological polar surface area (TPSA) is 26.3 Å². The Hall–Kier alpha value is -6.90. The summed E-state index contributed by atoms with van der Waals surface area (Å²) >= 11 is 0. The first-order chi connectivity index (χ1) is 26.2. The maximum Gasteiger partial charge on any atom is 0.143 e. The van der Waals surface area contributed by atoms with Crippen LogP contribution in [0.15, 0.2) is 185 Å². The quantitative estimate of drug-likeness (QED) is 0.173. The summed E-state index contributed by atoms with van der Waals surface area (Å²) in [5.41, 5.74) is 9.99. The molecule has 0 radical (unpaired) electrons. The second-order valence-corrected chi connectivity index (χ2v) is 14.0. The van der Waals surface area contributed by atoms with Crippen LogP contribution < -0.4 is 0 Å². The van der Waals surface area contributed by atoms with E-state index in [4.69, 9.17) is 8.83 Å². The normalized spacial score (nSPS) is 11.9. The molecule has 0 spiro atoms. The van der Waals surface area contributed by atoms with Crippen molar-refractivity contribution >= 4 is 65.0 Å². The van der Waals surface area contributed by atoms with E-state index in [2.05, 4.69) is 170 Å². The molecule has 0 fully saturated rings. The van der Waals surface area contributed by atoms with E-state index in [1.54, 1.807) is 0 Å². The Kier molecular flexibility index (Phi) is 6.50. The standard InChI is InChI=1S/C51H32O2/c1-31-26-29-45(52-31)50-41-22-11-9-20-39(41)49(40-21-10-12-23-42(40)50)44-25-13-24-43-34-28-27-33(30-46(34)53-51(43)44)48-37-18-7-5-16-35(37)47(32-14-3-2-4-15-32)36-17-6-8-19-38(36)48/h2-30H,1H3. The maximum atomic E-state index is 7.01. The Morgan fingerprint density at radius 1 is 0.321 bits per heavy atom. The lowest BCUT2D eigenvalue weighted by molar-refractivity contribution is 0.549. The number of benzene rings is 9. The van der Waals surface area contributed by atoms with Gasteiger partial charge in [0, 0.05) is 27.5 Å². The van der Waals surface area contributed by atoms with Gasteiger partial charge < -0.3 is 8.83 Å². The van der Waals surface area contributed by atoms with Gasteiger partial charge in [0.25, 0.3) is 0 Å². The third-order valence-electron chi connectivity index (χ3n) is 11.0. The van der Waals surface area contributed by atoms with Crippen molar-refractivity contribution in [2.24, 2.45) is 0 Å². The molecular formula is C51H32O2. The van der Waals surface area contributed by atoms with E-state index in [1.807, 2.05) is 13.0 Å². The van der Waals surface area contributed by atoms with Gasteiger partial charge in [0.15, 0.2) is 0 Å². The second kappa shape index (κ2) is 11.6. The molecule has 0 saturated carbocycles. The lowest BCUT2D eigenvalue weighted by Crippen LogP contribution is -1.90. The van der Waals surface area contributed by atoms with E-state index in [-0.39, 0.29) is 0 Å². The fraction of sp³-hybridized carbons (Fsp3) is 0.0196. The molecule has 0 amide bonds. The zero-order valence-electron chi connectivity index (χ0n) is 29.1. The molecular weight excluding hydrogens is 645 g/mol. The first kappa shape index (κ1) is 29.8. The van der Waals surface area contributed by atoms with E-state index < -0.39 is 0 Å². The molecule has 2 nitrogen and oxygen atoms in total. The highest BCUT2D eigenvalue weighted by molar-refractivity contribution is 6.25. The molecule has 248 valence electrons. The molecule has 0 aliphatic heterocycles. The van der Waals surface area contributed by atoms with Crippen LogP contribution >= 0.6 is 0 Å². The number of hydrogen-bond donors (Lipinski definition) is 0. The molecule has 0 unspecified atom stereocenters. The fourth-order valence-corrected chi connectivity index (χ4v) is 8.76. The summed E-state index contributed by atoms with van der Waals surface area (Å²) in [4.78, 5) is 0. The van der Waals surface area contributed by atoms with Crippen LogP contribution in [0, 0.1) is 6.92 Å². The minimum atomic E-state index is 0.876. The SMILES string of the molecule is Cc1ccc(-c2c3ccccc3c(-c3cccc4c3oc3cc(-c5c6ccccc6c(-c6ccccc6)c6ccccc56)ccc34)c3ccccc23)o1. The molecule has 11 rings (SSSR count). The highest BCUT2D eigenvalue weighted by Gasteiger charge is 2.22. The van der Waals surface area contributed by atoms with Gasteiger partial charge in [-0.15, -0.1) is 0 Å². The summed E-state index contributed by atoms with van der Waals surface area (Å²) in [5, 5.41) is 11.8. The zero-order chi connectivity index (χ0) is 35.0.